The van der Waals surface area contributed by atoms with Gasteiger partial charge in [0.25, 0.3) is 0 Å². The maximum Gasteiger partial charge on any atom is 0.161 e. The Morgan fingerprint density at radius 1 is 1.09 bits per heavy atom. The fourth-order valence-corrected chi connectivity index (χ4v) is 3.19. The highest BCUT2D eigenvalue weighted by molar-refractivity contribution is 5.60. The van der Waals surface area contributed by atoms with Crippen LogP contribution in [0.25, 0.3) is 0 Å². The average molecular weight is 298 g/mol. The van der Waals surface area contributed by atoms with Crippen molar-refractivity contribution in [1.29, 1.82) is 0 Å². The van der Waals surface area contributed by atoms with E-state index >= 15 is 0 Å². The van der Waals surface area contributed by atoms with E-state index in [1.807, 2.05) is 12.1 Å². The Bertz CT molecular complexity index is 657. The first-order valence-corrected chi connectivity index (χ1v) is 7.55. The van der Waals surface area contributed by atoms with Crippen LogP contribution in [0.2, 0.25) is 0 Å². The van der Waals surface area contributed by atoms with Gasteiger partial charge in [0.15, 0.2) is 11.5 Å². The molecule has 1 aliphatic rings. The molecule has 0 fully saturated rings. The molecule has 0 aliphatic carbocycles. The number of nitrogens with two attached hydrogens (primary N) is 1. The van der Waals surface area contributed by atoms with Crippen molar-refractivity contribution in [3.05, 3.63) is 53.6 Å². The number of benzene rings is 2. The van der Waals surface area contributed by atoms with Gasteiger partial charge in [-0.3, -0.25) is 0 Å². The van der Waals surface area contributed by atoms with Crippen LogP contribution in [0.15, 0.2) is 42.5 Å². The minimum atomic E-state index is 0.142. The third kappa shape index (κ3) is 2.50. The summed E-state index contributed by atoms with van der Waals surface area (Å²) in [5, 5.41) is 0. The largest absolute Gasteiger partial charge is 0.493 e. The van der Waals surface area contributed by atoms with Gasteiger partial charge in [0.2, 0.25) is 0 Å². The minimum Gasteiger partial charge on any atom is -0.493 e. The van der Waals surface area contributed by atoms with Crippen molar-refractivity contribution in [3.63, 3.8) is 0 Å². The molecule has 0 radical (unpaired) electrons. The second-order valence-corrected chi connectivity index (χ2v) is 5.44. The van der Waals surface area contributed by atoms with E-state index in [1.54, 1.807) is 14.2 Å². The third-order valence-electron chi connectivity index (χ3n) is 4.31. The number of ether oxygens (including phenoxy) is 2. The van der Waals surface area contributed by atoms with Crippen LogP contribution in [-0.2, 0) is 6.42 Å². The van der Waals surface area contributed by atoms with Gasteiger partial charge in [-0.25, -0.2) is 0 Å². The first-order chi connectivity index (χ1) is 10.8. The van der Waals surface area contributed by atoms with Crippen LogP contribution in [0.1, 0.15) is 17.2 Å². The zero-order valence-electron chi connectivity index (χ0n) is 13.1. The molecule has 0 aromatic heterocycles. The molecular formula is C18H22N2O2. The number of hydrogen-bond donors (Lipinski definition) is 1. The summed E-state index contributed by atoms with van der Waals surface area (Å²) in [5.41, 5.74) is 9.92. The number of nitrogens with zero attached hydrogens (tertiary/aromatic N) is 1. The first kappa shape index (κ1) is 14.7. The van der Waals surface area contributed by atoms with E-state index < -0.39 is 0 Å². The number of fused-ring (bicyclic) bond motifs is 1. The van der Waals surface area contributed by atoms with Crippen LogP contribution >= 0.6 is 0 Å². The molecule has 4 heteroatoms. The Morgan fingerprint density at radius 2 is 1.86 bits per heavy atom. The number of para-hydroxylation sites is 1. The molecule has 0 spiro atoms. The highest BCUT2D eigenvalue weighted by atomic mass is 16.5. The van der Waals surface area contributed by atoms with Crippen molar-refractivity contribution >= 4 is 5.69 Å². The number of methoxy groups -OCH3 is 2. The summed E-state index contributed by atoms with van der Waals surface area (Å²) < 4.78 is 10.7. The van der Waals surface area contributed by atoms with Gasteiger partial charge in [-0.2, -0.15) is 0 Å². The van der Waals surface area contributed by atoms with Crippen molar-refractivity contribution in [3.8, 4) is 11.5 Å². The molecule has 116 valence electrons. The maximum atomic E-state index is 6.09. The van der Waals surface area contributed by atoms with Gasteiger partial charge in [-0.1, -0.05) is 24.3 Å². The highest BCUT2D eigenvalue weighted by Crippen LogP contribution is 2.37. The van der Waals surface area contributed by atoms with E-state index in [4.69, 9.17) is 15.2 Å². The van der Waals surface area contributed by atoms with E-state index in [2.05, 4.69) is 35.2 Å². The van der Waals surface area contributed by atoms with Crippen molar-refractivity contribution < 1.29 is 9.47 Å². The van der Waals surface area contributed by atoms with Gasteiger partial charge < -0.3 is 20.1 Å². The normalized spacial score (nSPS) is 14.6. The topological polar surface area (TPSA) is 47.7 Å². The molecule has 1 aliphatic heterocycles. The van der Waals surface area contributed by atoms with E-state index in [9.17, 15) is 0 Å². The first-order valence-electron chi connectivity index (χ1n) is 7.55. The van der Waals surface area contributed by atoms with Crippen LogP contribution in [0.4, 0.5) is 5.69 Å². The number of anilines is 1. The molecule has 4 nitrogen and oxygen atoms in total. The van der Waals surface area contributed by atoms with Gasteiger partial charge in [-0.15, -0.1) is 0 Å². The lowest BCUT2D eigenvalue weighted by molar-refractivity contribution is 0.354. The van der Waals surface area contributed by atoms with E-state index in [-0.39, 0.29) is 6.04 Å². The molecule has 3 rings (SSSR count). The van der Waals surface area contributed by atoms with Crippen molar-refractivity contribution in [2.75, 3.05) is 32.2 Å². The van der Waals surface area contributed by atoms with Crippen molar-refractivity contribution in [2.24, 2.45) is 5.73 Å². The monoisotopic (exact) mass is 298 g/mol. The summed E-state index contributed by atoms with van der Waals surface area (Å²) in [5.74, 6) is 1.48. The third-order valence-corrected chi connectivity index (χ3v) is 4.31. The molecular weight excluding hydrogens is 276 g/mol. The lowest BCUT2D eigenvalue weighted by atomic mass is 10.0. The lowest BCUT2D eigenvalue weighted by Gasteiger charge is -2.30. The Hall–Kier alpha value is -2.20. The lowest BCUT2D eigenvalue weighted by Crippen LogP contribution is -2.32. The van der Waals surface area contributed by atoms with Crippen LogP contribution in [0.5, 0.6) is 11.5 Å². The Morgan fingerprint density at radius 3 is 2.59 bits per heavy atom. The van der Waals surface area contributed by atoms with E-state index in [0.717, 1.165) is 30.0 Å². The molecule has 0 saturated heterocycles. The van der Waals surface area contributed by atoms with Crippen LogP contribution in [0.3, 0.4) is 0 Å². The zero-order chi connectivity index (χ0) is 15.5. The summed E-state index contributed by atoms with van der Waals surface area (Å²) in [7, 11) is 3.30. The van der Waals surface area contributed by atoms with Gasteiger partial charge in [0.1, 0.15) is 0 Å². The Labute approximate surface area is 131 Å². The second kappa shape index (κ2) is 6.28. The van der Waals surface area contributed by atoms with E-state index in [0.29, 0.717) is 6.54 Å². The SMILES string of the molecule is COc1ccc(C(CN)N2CCc3ccccc32)cc1OC. The van der Waals surface area contributed by atoms with Gasteiger partial charge in [0, 0.05) is 18.8 Å². The predicted octanol–water partition coefficient (Wildman–Crippen LogP) is 2.77. The molecule has 0 bridgehead atoms. The van der Waals surface area contributed by atoms with E-state index in [1.165, 1.54) is 11.3 Å². The number of hydrogen-bond acceptors (Lipinski definition) is 4. The van der Waals surface area contributed by atoms with Gasteiger partial charge >= 0.3 is 0 Å². The molecule has 2 aromatic carbocycles. The average Bonchev–Trinajstić information content (AvgIpc) is 2.99. The van der Waals surface area contributed by atoms with Crippen LogP contribution < -0.4 is 20.1 Å². The van der Waals surface area contributed by atoms with Crippen LogP contribution in [-0.4, -0.2) is 27.3 Å². The fraction of sp³-hybridized carbons (Fsp3) is 0.333. The molecule has 0 amide bonds. The summed E-state index contributed by atoms with van der Waals surface area (Å²) in [6.45, 7) is 1.55. The molecule has 1 atom stereocenters. The van der Waals surface area contributed by atoms with Gasteiger partial charge in [-0.05, 0) is 35.7 Å². The molecule has 1 unspecified atom stereocenters. The summed E-state index contributed by atoms with van der Waals surface area (Å²) >= 11 is 0. The quantitative estimate of drug-likeness (QED) is 0.922. The van der Waals surface area contributed by atoms with Crippen molar-refractivity contribution in [2.45, 2.75) is 12.5 Å². The standard InChI is InChI=1S/C18H22N2O2/c1-21-17-8-7-14(11-18(17)22-2)16(12-19)20-10-9-13-5-3-4-6-15(13)20/h3-8,11,16H,9-10,12,19H2,1-2H3. The molecule has 2 aromatic rings. The molecule has 0 saturated carbocycles. The maximum absolute atomic E-state index is 6.09. The number of rotatable bonds is 5. The second-order valence-electron chi connectivity index (χ2n) is 5.44. The summed E-state index contributed by atoms with van der Waals surface area (Å²) in [6, 6.07) is 14.7. The zero-order valence-corrected chi connectivity index (χ0v) is 13.1. The van der Waals surface area contributed by atoms with Crippen LogP contribution in [0, 0.1) is 0 Å². The molecule has 2 N–H and O–H groups in total. The Kier molecular flexibility index (Phi) is 4.20. The molecule has 22 heavy (non-hydrogen) atoms. The highest BCUT2D eigenvalue weighted by Gasteiger charge is 2.26. The minimum absolute atomic E-state index is 0.142. The fourth-order valence-electron chi connectivity index (χ4n) is 3.19. The summed E-state index contributed by atoms with van der Waals surface area (Å²) in [4.78, 5) is 2.39. The predicted molar refractivity (Wildman–Crippen MR) is 88.8 cm³/mol. The molecule has 1 heterocycles. The smallest absolute Gasteiger partial charge is 0.161 e. The van der Waals surface area contributed by atoms with Crippen molar-refractivity contribution in [1.82, 2.24) is 0 Å². The Balaban J connectivity index is 1.95. The van der Waals surface area contributed by atoms with Gasteiger partial charge in [0.05, 0.1) is 20.3 Å². The summed E-state index contributed by atoms with van der Waals surface area (Å²) in [6.07, 6.45) is 1.07.